The van der Waals surface area contributed by atoms with Crippen molar-refractivity contribution in [3.63, 3.8) is 0 Å². The van der Waals surface area contributed by atoms with Crippen LogP contribution in [0.5, 0.6) is 0 Å². The number of benzene rings is 2. The van der Waals surface area contributed by atoms with Gasteiger partial charge in [0.25, 0.3) is 0 Å². The first-order valence-electron chi connectivity index (χ1n) is 7.64. The second-order valence-corrected chi connectivity index (χ2v) is 8.74. The maximum Gasteiger partial charge on any atom is 0.221 e. The predicted molar refractivity (Wildman–Crippen MR) is 95.0 cm³/mol. The van der Waals surface area contributed by atoms with Crippen molar-refractivity contribution in [2.75, 3.05) is 12.3 Å². The van der Waals surface area contributed by atoms with Crippen LogP contribution in [0.3, 0.4) is 0 Å². The summed E-state index contributed by atoms with van der Waals surface area (Å²) in [6, 6.07) is 17.1. The summed E-state index contributed by atoms with van der Waals surface area (Å²) < 4.78 is 32.7. The normalized spacial score (nSPS) is 19.1. The molecule has 2 aromatic carbocycles. The van der Waals surface area contributed by atoms with Gasteiger partial charge < -0.3 is 4.52 Å². The van der Waals surface area contributed by atoms with Crippen LogP contribution in [0.25, 0.3) is 11.0 Å². The molecule has 124 valence electrons. The molecule has 0 bridgehead atoms. The number of rotatable bonds is 4. The molecular weight excluding hydrogens is 344 g/mol. The van der Waals surface area contributed by atoms with Crippen LogP contribution in [0, 0.1) is 0 Å². The smallest absolute Gasteiger partial charge is 0.221 e. The standard InChI is InChI=1S/C17H16N2O3S2/c20-24(21,12-15-14-8-4-5-9-16(14)22-18-15)19-10-11-23-17(19)13-6-2-1-3-7-13/h1-9,17H,10-12H2. The first-order chi connectivity index (χ1) is 11.6. The van der Waals surface area contributed by atoms with E-state index in [0.29, 0.717) is 17.8 Å². The van der Waals surface area contributed by atoms with Crippen LogP contribution >= 0.6 is 11.8 Å². The number of nitrogens with zero attached hydrogens (tertiary/aromatic N) is 2. The van der Waals surface area contributed by atoms with Crippen LogP contribution < -0.4 is 0 Å². The van der Waals surface area contributed by atoms with Crippen LogP contribution in [0.2, 0.25) is 0 Å². The number of hydrogen-bond acceptors (Lipinski definition) is 5. The van der Waals surface area contributed by atoms with Crippen LogP contribution in [0.4, 0.5) is 0 Å². The summed E-state index contributed by atoms with van der Waals surface area (Å²) in [6.45, 7) is 0.516. The third-order valence-electron chi connectivity index (χ3n) is 4.06. The van der Waals surface area contributed by atoms with Gasteiger partial charge in [-0.25, -0.2) is 8.42 Å². The molecule has 1 aromatic heterocycles. The fourth-order valence-electron chi connectivity index (χ4n) is 2.92. The van der Waals surface area contributed by atoms with E-state index in [-0.39, 0.29) is 11.1 Å². The summed E-state index contributed by atoms with van der Waals surface area (Å²) in [6.07, 6.45) is 0. The lowest BCUT2D eigenvalue weighted by Crippen LogP contribution is -2.31. The molecule has 1 fully saturated rings. The van der Waals surface area contributed by atoms with E-state index in [0.717, 1.165) is 16.7 Å². The van der Waals surface area contributed by atoms with Gasteiger partial charge in [-0.05, 0) is 17.7 Å². The Labute approximate surface area is 144 Å². The molecule has 0 aliphatic carbocycles. The molecule has 0 saturated carbocycles. The topological polar surface area (TPSA) is 63.4 Å². The zero-order valence-electron chi connectivity index (χ0n) is 12.8. The molecule has 0 N–H and O–H groups in total. The van der Waals surface area contributed by atoms with Crippen molar-refractivity contribution >= 4 is 32.8 Å². The quantitative estimate of drug-likeness (QED) is 0.713. The summed E-state index contributed by atoms with van der Waals surface area (Å²) in [4.78, 5) is 0. The molecule has 24 heavy (non-hydrogen) atoms. The largest absolute Gasteiger partial charge is 0.356 e. The van der Waals surface area contributed by atoms with E-state index in [1.807, 2.05) is 48.5 Å². The van der Waals surface area contributed by atoms with Crippen molar-refractivity contribution in [3.05, 3.63) is 65.9 Å². The lowest BCUT2D eigenvalue weighted by molar-refractivity contribution is 0.427. The summed E-state index contributed by atoms with van der Waals surface area (Å²) >= 11 is 1.65. The van der Waals surface area contributed by atoms with Crippen molar-refractivity contribution in [2.24, 2.45) is 0 Å². The van der Waals surface area contributed by atoms with Gasteiger partial charge in [-0.1, -0.05) is 47.6 Å². The van der Waals surface area contributed by atoms with Gasteiger partial charge in [-0.3, -0.25) is 0 Å². The van der Waals surface area contributed by atoms with E-state index in [2.05, 4.69) is 5.16 Å². The number of hydrogen-bond donors (Lipinski definition) is 0. The van der Waals surface area contributed by atoms with Crippen molar-refractivity contribution < 1.29 is 12.9 Å². The highest BCUT2D eigenvalue weighted by Crippen LogP contribution is 2.40. The molecule has 0 amide bonds. The number of para-hydroxylation sites is 1. The van der Waals surface area contributed by atoms with Gasteiger partial charge in [0.15, 0.2) is 5.58 Å². The Bertz CT molecular complexity index is 954. The minimum Gasteiger partial charge on any atom is -0.356 e. The molecular formula is C17H16N2O3S2. The van der Waals surface area contributed by atoms with E-state index in [1.165, 1.54) is 0 Å². The Kier molecular flexibility index (Phi) is 4.07. The molecule has 1 unspecified atom stereocenters. The van der Waals surface area contributed by atoms with Crippen molar-refractivity contribution in [1.29, 1.82) is 0 Å². The SMILES string of the molecule is O=S(=O)(Cc1noc2ccccc12)N1CCSC1c1ccccc1. The maximum atomic E-state index is 13.0. The van der Waals surface area contributed by atoms with E-state index >= 15 is 0 Å². The molecule has 0 radical (unpaired) electrons. The molecule has 1 aliphatic heterocycles. The van der Waals surface area contributed by atoms with Crippen LogP contribution in [0.15, 0.2) is 59.1 Å². The zero-order chi connectivity index (χ0) is 16.6. The molecule has 0 spiro atoms. The number of aromatic nitrogens is 1. The van der Waals surface area contributed by atoms with Gasteiger partial charge in [-0.15, -0.1) is 11.8 Å². The Morgan fingerprint density at radius 2 is 1.88 bits per heavy atom. The maximum absolute atomic E-state index is 13.0. The second-order valence-electron chi connectivity index (χ2n) is 5.63. The first kappa shape index (κ1) is 15.7. The van der Waals surface area contributed by atoms with Crippen LogP contribution in [0.1, 0.15) is 16.6 Å². The molecule has 1 aliphatic rings. The van der Waals surface area contributed by atoms with Gasteiger partial charge in [-0.2, -0.15) is 4.31 Å². The Hall–Kier alpha value is -1.83. The van der Waals surface area contributed by atoms with Gasteiger partial charge in [0, 0.05) is 17.7 Å². The summed E-state index contributed by atoms with van der Waals surface area (Å²) in [7, 11) is -3.48. The van der Waals surface area contributed by atoms with Gasteiger partial charge in [0.1, 0.15) is 11.4 Å². The van der Waals surface area contributed by atoms with Crippen LogP contribution in [-0.4, -0.2) is 30.2 Å². The van der Waals surface area contributed by atoms with Crippen molar-refractivity contribution in [1.82, 2.24) is 9.46 Å². The van der Waals surface area contributed by atoms with E-state index in [9.17, 15) is 8.42 Å². The molecule has 7 heteroatoms. The Balaban J connectivity index is 1.65. The fourth-order valence-corrected chi connectivity index (χ4v) is 6.26. The highest BCUT2D eigenvalue weighted by atomic mass is 32.2. The number of fused-ring (bicyclic) bond motifs is 1. The first-order valence-corrected chi connectivity index (χ1v) is 10.3. The van der Waals surface area contributed by atoms with Crippen LogP contribution in [-0.2, 0) is 15.8 Å². The predicted octanol–water partition coefficient (Wildman–Crippen LogP) is 3.41. The lowest BCUT2D eigenvalue weighted by Gasteiger charge is -2.23. The second kappa shape index (κ2) is 6.23. The summed E-state index contributed by atoms with van der Waals surface area (Å²) in [5.74, 6) is 0.645. The van der Waals surface area contributed by atoms with E-state index in [4.69, 9.17) is 4.52 Å². The Morgan fingerprint density at radius 3 is 2.71 bits per heavy atom. The van der Waals surface area contributed by atoms with Crippen molar-refractivity contribution in [3.8, 4) is 0 Å². The average Bonchev–Trinajstić information content (AvgIpc) is 3.24. The lowest BCUT2D eigenvalue weighted by atomic mass is 10.2. The third-order valence-corrected chi connectivity index (χ3v) is 7.20. The molecule has 5 nitrogen and oxygen atoms in total. The fraction of sp³-hybridized carbons (Fsp3) is 0.235. The minimum atomic E-state index is -3.48. The summed E-state index contributed by atoms with van der Waals surface area (Å²) in [5, 5.41) is 4.54. The highest BCUT2D eigenvalue weighted by molar-refractivity contribution is 8.00. The molecule has 4 rings (SSSR count). The van der Waals surface area contributed by atoms with Gasteiger partial charge >= 0.3 is 0 Å². The van der Waals surface area contributed by atoms with E-state index < -0.39 is 10.0 Å². The molecule has 1 saturated heterocycles. The third kappa shape index (κ3) is 2.83. The molecule has 2 heterocycles. The Morgan fingerprint density at radius 1 is 1.12 bits per heavy atom. The molecule has 3 aromatic rings. The van der Waals surface area contributed by atoms with Crippen molar-refractivity contribution in [2.45, 2.75) is 11.1 Å². The number of sulfonamides is 1. The highest BCUT2D eigenvalue weighted by Gasteiger charge is 2.36. The van der Waals surface area contributed by atoms with E-state index in [1.54, 1.807) is 22.1 Å². The summed E-state index contributed by atoms with van der Waals surface area (Å²) in [5.41, 5.74) is 2.08. The average molecular weight is 360 g/mol. The van der Waals surface area contributed by atoms with Gasteiger partial charge in [0.05, 0.1) is 5.37 Å². The minimum absolute atomic E-state index is 0.145. The van der Waals surface area contributed by atoms with Gasteiger partial charge in [0.2, 0.25) is 10.0 Å². The molecule has 1 atom stereocenters. The zero-order valence-corrected chi connectivity index (χ0v) is 14.5. The number of thioether (sulfide) groups is 1. The monoisotopic (exact) mass is 360 g/mol.